The molecule has 2 bridgehead atoms. The zero-order valence-corrected chi connectivity index (χ0v) is 11.1. The molecule has 2 saturated carbocycles. The van der Waals surface area contributed by atoms with Crippen LogP contribution >= 0.6 is 0 Å². The molecular weight excluding hydrogens is 232 g/mol. The predicted octanol–water partition coefficient (Wildman–Crippen LogP) is 0.0258. The summed E-state index contributed by atoms with van der Waals surface area (Å²) in [6.07, 6.45) is 1.05. The molecule has 0 aromatic heterocycles. The number of nitrogens with one attached hydrogen (secondary N) is 1. The first-order valence-electron chi connectivity index (χ1n) is 6.33. The Bertz CT molecular complexity index is 444. The number of carbonyl (C=O) groups excluding carboxylic acids is 3. The molecule has 2 atom stereocenters. The smallest absolute Gasteiger partial charge is 0.234 e. The molecule has 3 N–H and O–H groups in total. The van der Waals surface area contributed by atoms with Gasteiger partial charge in [-0.1, -0.05) is 20.8 Å². The molecular formula is C13H20N2O3. The topological polar surface area (TPSA) is 89.3 Å². The van der Waals surface area contributed by atoms with Crippen molar-refractivity contribution in [3.8, 4) is 0 Å². The van der Waals surface area contributed by atoms with Gasteiger partial charge in [-0.2, -0.15) is 0 Å². The van der Waals surface area contributed by atoms with Crippen LogP contribution in [-0.2, 0) is 14.4 Å². The van der Waals surface area contributed by atoms with E-state index in [1.165, 1.54) is 0 Å². The van der Waals surface area contributed by atoms with E-state index >= 15 is 0 Å². The van der Waals surface area contributed by atoms with Crippen LogP contribution in [-0.4, -0.2) is 30.6 Å². The third-order valence-electron chi connectivity index (χ3n) is 5.36. The maximum Gasteiger partial charge on any atom is 0.234 e. The number of amides is 1. The van der Waals surface area contributed by atoms with Gasteiger partial charge in [0.2, 0.25) is 17.5 Å². The largest absolute Gasteiger partial charge is 0.354 e. The van der Waals surface area contributed by atoms with Crippen LogP contribution in [0.4, 0.5) is 0 Å². The quantitative estimate of drug-likeness (QED) is 0.547. The molecule has 0 aromatic carbocycles. The van der Waals surface area contributed by atoms with E-state index in [9.17, 15) is 14.4 Å². The number of ketones is 2. The van der Waals surface area contributed by atoms with Crippen molar-refractivity contribution < 1.29 is 14.4 Å². The van der Waals surface area contributed by atoms with Gasteiger partial charge in [0.1, 0.15) is 5.41 Å². The number of rotatable bonds is 3. The van der Waals surface area contributed by atoms with Crippen molar-refractivity contribution in [1.82, 2.24) is 5.32 Å². The number of hydrogen-bond acceptors (Lipinski definition) is 4. The molecule has 0 unspecified atom stereocenters. The summed E-state index contributed by atoms with van der Waals surface area (Å²) in [6.45, 7) is 6.16. The van der Waals surface area contributed by atoms with Crippen molar-refractivity contribution in [1.29, 1.82) is 0 Å². The second kappa shape index (κ2) is 3.63. The van der Waals surface area contributed by atoms with E-state index in [4.69, 9.17) is 5.73 Å². The SMILES string of the molecule is CC1(C)[C@]2(C(=O)NCCN)CC[C@]1(C)C(=O)C2=O. The first kappa shape index (κ1) is 13.2. The molecule has 0 saturated heterocycles. The van der Waals surface area contributed by atoms with Crippen molar-refractivity contribution >= 4 is 17.5 Å². The van der Waals surface area contributed by atoms with Gasteiger partial charge in [0.25, 0.3) is 0 Å². The van der Waals surface area contributed by atoms with Gasteiger partial charge in [-0.25, -0.2) is 0 Å². The van der Waals surface area contributed by atoms with Crippen molar-refractivity contribution in [2.45, 2.75) is 33.6 Å². The molecule has 0 radical (unpaired) electrons. The van der Waals surface area contributed by atoms with Gasteiger partial charge in [0.15, 0.2) is 0 Å². The Morgan fingerprint density at radius 1 is 1.22 bits per heavy atom. The minimum absolute atomic E-state index is 0.321. The summed E-state index contributed by atoms with van der Waals surface area (Å²) in [6, 6.07) is 0. The Morgan fingerprint density at radius 2 is 1.83 bits per heavy atom. The van der Waals surface area contributed by atoms with E-state index in [0.29, 0.717) is 25.9 Å². The predicted molar refractivity (Wildman–Crippen MR) is 65.6 cm³/mol. The standard InChI is InChI=1S/C13H20N2O3/c1-11(2)12(3)4-5-13(11,9(17)8(12)16)10(18)15-7-6-14/h4-7,14H2,1-3H3,(H,15,18)/t12-,13-/m1/s1. The first-order chi connectivity index (χ1) is 8.25. The van der Waals surface area contributed by atoms with Gasteiger partial charge in [-0.3, -0.25) is 14.4 Å². The summed E-state index contributed by atoms with van der Waals surface area (Å²) in [4.78, 5) is 36.8. The zero-order chi connectivity index (χ0) is 13.8. The van der Waals surface area contributed by atoms with E-state index in [2.05, 4.69) is 5.32 Å². The molecule has 1 amide bonds. The minimum Gasteiger partial charge on any atom is -0.354 e. The number of carbonyl (C=O) groups is 3. The molecule has 2 fully saturated rings. The van der Waals surface area contributed by atoms with Crippen molar-refractivity contribution in [2.24, 2.45) is 22.0 Å². The average molecular weight is 252 g/mol. The highest BCUT2D eigenvalue weighted by Crippen LogP contribution is 2.68. The molecule has 0 heterocycles. The Balaban J connectivity index is 2.46. The van der Waals surface area contributed by atoms with Crippen LogP contribution < -0.4 is 11.1 Å². The third-order valence-corrected chi connectivity index (χ3v) is 5.36. The Labute approximate surface area is 106 Å². The monoisotopic (exact) mass is 252 g/mol. The van der Waals surface area contributed by atoms with Crippen LogP contribution in [0.1, 0.15) is 33.6 Å². The summed E-state index contributed by atoms with van der Waals surface area (Å²) in [5.41, 5.74) is 2.84. The van der Waals surface area contributed by atoms with E-state index in [1.807, 2.05) is 13.8 Å². The lowest BCUT2D eigenvalue weighted by Gasteiger charge is -2.37. The van der Waals surface area contributed by atoms with Crippen molar-refractivity contribution in [3.05, 3.63) is 0 Å². The maximum absolute atomic E-state index is 12.4. The maximum atomic E-state index is 12.4. The van der Waals surface area contributed by atoms with Crippen molar-refractivity contribution in [2.75, 3.05) is 13.1 Å². The van der Waals surface area contributed by atoms with Crippen LogP contribution in [0.25, 0.3) is 0 Å². The van der Waals surface area contributed by atoms with E-state index in [0.717, 1.165) is 0 Å². The zero-order valence-electron chi connectivity index (χ0n) is 11.1. The molecule has 0 aliphatic heterocycles. The molecule has 5 heteroatoms. The van der Waals surface area contributed by atoms with Crippen LogP contribution in [0, 0.1) is 16.2 Å². The Morgan fingerprint density at radius 3 is 2.28 bits per heavy atom. The van der Waals surface area contributed by atoms with Gasteiger partial charge < -0.3 is 11.1 Å². The summed E-state index contributed by atoms with van der Waals surface area (Å²) in [5.74, 6) is -1.24. The summed E-state index contributed by atoms with van der Waals surface area (Å²) >= 11 is 0. The van der Waals surface area contributed by atoms with Crippen LogP contribution in [0.15, 0.2) is 0 Å². The fourth-order valence-electron chi connectivity index (χ4n) is 3.61. The molecule has 0 aromatic rings. The second-order valence-electron chi connectivity index (χ2n) is 6.07. The van der Waals surface area contributed by atoms with Gasteiger partial charge in [-0.15, -0.1) is 0 Å². The Hall–Kier alpha value is -1.23. The fraction of sp³-hybridized carbons (Fsp3) is 0.769. The number of nitrogens with two attached hydrogens (primary N) is 1. The lowest BCUT2D eigenvalue weighted by atomic mass is 9.64. The highest BCUT2D eigenvalue weighted by molar-refractivity contribution is 6.48. The number of hydrogen-bond donors (Lipinski definition) is 2. The number of fused-ring (bicyclic) bond motifs is 2. The highest BCUT2D eigenvalue weighted by Gasteiger charge is 2.77. The van der Waals surface area contributed by atoms with Crippen LogP contribution in [0.5, 0.6) is 0 Å². The van der Waals surface area contributed by atoms with Gasteiger partial charge in [0.05, 0.1) is 0 Å². The van der Waals surface area contributed by atoms with E-state index in [-0.39, 0.29) is 11.7 Å². The molecule has 2 aliphatic carbocycles. The molecule has 0 spiro atoms. The Kier molecular flexibility index (Phi) is 2.67. The summed E-state index contributed by atoms with van der Waals surface area (Å²) in [5, 5.41) is 2.68. The van der Waals surface area contributed by atoms with E-state index < -0.39 is 22.0 Å². The van der Waals surface area contributed by atoms with Crippen molar-refractivity contribution in [3.63, 3.8) is 0 Å². The molecule has 5 nitrogen and oxygen atoms in total. The first-order valence-corrected chi connectivity index (χ1v) is 6.33. The third kappa shape index (κ3) is 1.13. The molecule has 2 aliphatic rings. The normalized spacial score (nSPS) is 37.1. The van der Waals surface area contributed by atoms with Crippen LogP contribution in [0.3, 0.4) is 0 Å². The lowest BCUT2D eigenvalue weighted by molar-refractivity contribution is -0.149. The molecule has 100 valence electrons. The van der Waals surface area contributed by atoms with Crippen LogP contribution in [0.2, 0.25) is 0 Å². The molecule has 18 heavy (non-hydrogen) atoms. The second-order valence-corrected chi connectivity index (χ2v) is 6.07. The van der Waals surface area contributed by atoms with Gasteiger partial charge in [0, 0.05) is 18.5 Å². The molecule has 2 rings (SSSR count). The fourth-order valence-corrected chi connectivity index (χ4v) is 3.61. The van der Waals surface area contributed by atoms with E-state index in [1.54, 1.807) is 6.92 Å². The summed E-state index contributed by atoms with van der Waals surface area (Å²) < 4.78 is 0. The van der Waals surface area contributed by atoms with Gasteiger partial charge >= 0.3 is 0 Å². The van der Waals surface area contributed by atoms with Gasteiger partial charge in [-0.05, 0) is 18.3 Å². The summed E-state index contributed by atoms with van der Waals surface area (Å²) in [7, 11) is 0. The lowest BCUT2D eigenvalue weighted by Crippen LogP contribution is -2.51. The number of Topliss-reactive ketones (excluding diaryl/α,β-unsaturated/α-hetero) is 2. The minimum atomic E-state index is -1.19. The highest BCUT2D eigenvalue weighted by atomic mass is 16.2. The average Bonchev–Trinajstić information content (AvgIpc) is 2.59.